The van der Waals surface area contributed by atoms with E-state index in [-0.39, 0.29) is 18.4 Å². The molecule has 1 unspecified atom stereocenters. The van der Waals surface area contributed by atoms with Gasteiger partial charge in [-0.3, -0.25) is 4.79 Å². The molecule has 1 rings (SSSR count). The summed E-state index contributed by atoms with van der Waals surface area (Å²) in [6.45, 7) is 2.67. The monoisotopic (exact) mass is 299 g/mol. The van der Waals surface area contributed by atoms with Gasteiger partial charge in [0.1, 0.15) is 6.04 Å². The molecule has 0 radical (unpaired) electrons. The van der Waals surface area contributed by atoms with Crippen LogP contribution in [0.25, 0.3) is 0 Å². The molecular weight excluding hydrogens is 274 g/mol. The summed E-state index contributed by atoms with van der Waals surface area (Å²) in [7, 11) is 0. The number of nitrogens with two attached hydrogens (primary N) is 1. The molecular formula is C16H26ClNO2. The third kappa shape index (κ3) is 8.18. The molecule has 0 bridgehead atoms. The zero-order valence-corrected chi connectivity index (χ0v) is 13.0. The molecule has 114 valence electrons. The fourth-order valence-corrected chi connectivity index (χ4v) is 1.94. The molecule has 3 nitrogen and oxygen atoms in total. The van der Waals surface area contributed by atoms with Crippen LogP contribution in [-0.4, -0.2) is 18.6 Å². The van der Waals surface area contributed by atoms with Gasteiger partial charge in [0.05, 0.1) is 6.61 Å². The van der Waals surface area contributed by atoms with Crippen LogP contribution in [0.15, 0.2) is 30.3 Å². The Morgan fingerprint density at radius 2 is 1.80 bits per heavy atom. The van der Waals surface area contributed by atoms with Crippen molar-refractivity contribution >= 4 is 18.4 Å². The van der Waals surface area contributed by atoms with Crippen LogP contribution in [0, 0.1) is 0 Å². The second-order valence-corrected chi connectivity index (χ2v) is 4.88. The van der Waals surface area contributed by atoms with E-state index in [0.29, 0.717) is 13.0 Å². The maximum Gasteiger partial charge on any atom is 0.323 e. The summed E-state index contributed by atoms with van der Waals surface area (Å²) in [6.07, 6.45) is 6.28. The summed E-state index contributed by atoms with van der Waals surface area (Å²) in [4.78, 5) is 11.7. The van der Waals surface area contributed by atoms with Gasteiger partial charge in [-0.15, -0.1) is 12.4 Å². The van der Waals surface area contributed by atoms with Gasteiger partial charge in [-0.1, -0.05) is 62.9 Å². The third-order valence-electron chi connectivity index (χ3n) is 3.09. The van der Waals surface area contributed by atoms with Gasteiger partial charge in [0.25, 0.3) is 0 Å². The largest absolute Gasteiger partial charge is 0.465 e. The van der Waals surface area contributed by atoms with Gasteiger partial charge in [-0.05, 0) is 18.4 Å². The molecule has 0 aliphatic rings. The van der Waals surface area contributed by atoms with Crippen molar-refractivity contribution < 1.29 is 9.53 Å². The molecule has 0 saturated heterocycles. The van der Waals surface area contributed by atoms with E-state index in [1.807, 2.05) is 30.3 Å². The predicted molar refractivity (Wildman–Crippen MR) is 85.1 cm³/mol. The number of carbonyl (C=O) groups excluding carboxylic acids is 1. The smallest absolute Gasteiger partial charge is 0.323 e. The summed E-state index contributed by atoms with van der Waals surface area (Å²) in [5.41, 5.74) is 6.90. The van der Waals surface area contributed by atoms with Crippen molar-refractivity contribution in [2.75, 3.05) is 6.61 Å². The lowest BCUT2D eigenvalue weighted by molar-refractivity contribution is -0.145. The highest BCUT2D eigenvalue weighted by Crippen LogP contribution is 2.05. The molecule has 0 heterocycles. The highest BCUT2D eigenvalue weighted by Gasteiger charge is 2.15. The maximum atomic E-state index is 11.7. The number of benzene rings is 1. The van der Waals surface area contributed by atoms with Gasteiger partial charge >= 0.3 is 5.97 Å². The minimum atomic E-state index is -0.557. The zero-order chi connectivity index (χ0) is 13.9. The van der Waals surface area contributed by atoms with Gasteiger partial charge in [-0.25, -0.2) is 0 Å². The first-order chi connectivity index (χ1) is 9.24. The number of rotatable bonds is 9. The highest BCUT2D eigenvalue weighted by atomic mass is 35.5. The van der Waals surface area contributed by atoms with Crippen molar-refractivity contribution in [3.05, 3.63) is 35.9 Å². The van der Waals surface area contributed by atoms with Crippen molar-refractivity contribution in [1.82, 2.24) is 0 Å². The molecule has 0 spiro atoms. The second-order valence-electron chi connectivity index (χ2n) is 4.88. The van der Waals surface area contributed by atoms with Crippen LogP contribution in [0.4, 0.5) is 0 Å². The fourth-order valence-electron chi connectivity index (χ4n) is 1.94. The van der Waals surface area contributed by atoms with E-state index < -0.39 is 6.04 Å². The normalized spacial score (nSPS) is 11.5. The van der Waals surface area contributed by atoms with Crippen LogP contribution in [0.1, 0.15) is 44.6 Å². The standard InChI is InChI=1S/C16H25NO2.ClH/c1-2-3-4-5-9-12-19-16(18)15(17)13-14-10-7-6-8-11-14;/h6-8,10-11,15H,2-5,9,12-13,17H2,1H3;1H. The maximum absolute atomic E-state index is 11.7. The van der Waals surface area contributed by atoms with Crippen LogP contribution in [-0.2, 0) is 16.0 Å². The minimum Gasteiger partial charge on any atom is -0.465 e. The number of halogens is 1. The zero-order valence-electron chi connectivity index (χ0n) is 12.2. The Balaban J connectivity index is 0.00000361. The van der Waals surface area contributed by atoms with Crippen molar-refractivity contribution in [3.8, 4) is 0 Å². The lowest BCUT2D eigenvalue weighted by Crippen LogP contribution is -2.34. The van der Waals surface area contributed by atoms with Crippen LogP contribution >= 0.6 is 12.4 Å². The summed E-state index contributed by atoms with van der Waals surface area (Å²) < 4.78 is 5.19. The summed E-state index contributed by atoms with van der Waals surface area (Å²) in [6, 6.07) is 9.22. The number of hydrogen-bond acceptors (Lipinski definition) is 3. The Bertz CT molecular complexity index is 357. The Morgan fingerprint density at radius 3 is 2.45 bits per heavy atom. The predicted octanol–water partition coefficient (Wildman–Crippen LogP) is 3.49. The molecule has 1 aromatic rings. The lowest BCUT2D eigenvalue weighted by Gasteiger charge is -2.11. The highest BCUT2D eigenvalue weighted by molar-refractivity contribution is 5.85. The van der Waals surface area contributed by atoms with Crippen molar-refractivity contribution in [1.29, 1.82) is 0 Å². The van der Waals surface area contributed by atoms with E-state index in [1.165, 1.54) is 19.3 Å². The first kappa shape index (κ1) is 18.9. The summed E-state index contributed by atoms with van der Waals surface area (Å²) >= 11 is 0. The van der Waals surface area contributed by atoms with Crippen LogP contribution in [0.2, 0.25) is 0 Å². The van der Waals surface area contributed by atoms with E-state index in [2.05, 4.69) is 6.92 Å². The number of carbonyl (C=O) groups is 1. The fraction of sp³-hybridized carbons (Fsp3) is 0.562. The summed E-state index contributed by atoms with van der Waals surface area (Å²) in [5, 5.41) is 0. The van der Waals surface area contributed by atoms with E-state index in [4.69, 9.17) is 10.5 Å². The molecule has 1 aromatic carbocycles. The van der Waals surface area contributed by atoms with Gasteiger partial charge in [0.2, 0.25) is 0 Å². The first-order valence-corrected chi connectivity index (χ1v) is 7.20. The molecule has 0 amide bonds. The number of unbranched alkanes of at least 4 members (excludes halogenated alkanes) is 4. The Labute approximate surface area is 128 Å². The van der Waals surface area contributed by atoms with E-state index in [1.54, 1.807) is 0 Å². The van der Waals surface area contributed by atoms with Gasteiger partial charge in [0, 0.05) is 0 Å². The first-order valence-electron chi connectivity index (χ1n) is 7.20. The lowest BCUT2D eigenvalue weighted by atomic mass is 10.1. The quantitative estimate of drug-likeness (QED) is 0.561. The SMILES string of the molecule is CCCCCCCOC(=O)C(N)Cc1ccccc1.Cl. The van der Waals surface area contributed by atoms with Crippen LogP contribution < -0.4 is 5.73 Å². The summed E-state index contributed by atoms with van der Waals surface area (Å²) in [5.74, 6) is -0.292. The second kappa shape index (κ2) is 11.7. The van der Waals surface area contributed by atoms with Crippen molar-refractivity contribution in [2.45, 2.75) is 51.5 Å². The topological polar surface area (TPSA) is 52.3 Å². The molecule has 0 fully saturated rings. The Morgan fingerprint density at radius 1 is 1.15 bits per heavy atom. The van der Waals surface area contributed by atoms with E-state index in [0.717, 1.165) is 18.4 Å². The Hall–Kier alpha value is -1.06. The number of esters is 1. The molecule has 0 aliphatic carbocycles. The van der Waals surface area contributed by atoms with E-state index >= 15 is 0 Å². The van der Waals surface area contributed by atoms with Crippen molar-refractivity contribution in [2.24, 2.45) is 5.73 Å². The molecule has 20 heavy (non-hydrogen) atoms. The molecule has 0 aromatic heterocycles. The molecule has 1 atom stereocenters. The van der Waals surface area contributed by atoms with Gasteiger partial charge < -0.3 is 10.5 Å². The van der Waals surface area contributed by atoms with Crippen LogP contribution in [0.5, 0.6) is 0 Å². The van der Waals surface area contributed by atoms with E-state index in [9.17, 15) is 4.79 Å². The average Bonchev–Trinajstić information content (AvgIpc) is 2.43. The van der Waals surface area contributed by atoms with Crippen LogP contribution in [0.3, 0.4) is 0 Å². The van der Waals surface area contributed by atoms with Gasteiger partial charge in [0.15, 0.2) is 0 Å². The molecule has 0 aliphatic heterocycles. The molecule has 2 N–H and O–H groups in total. The number of ether oxygens (including phenoxy) is 1. The number of hydrogen-bond donors (Lipinski definition) is 1. The Kier molecular flexibility index (Phi) is 11.1. The van der Waals surface area contributed by atoms with Crippen molar-refractivity contribution in [3.63, 3.8) is 0 Å². The average molecular weight is 300 g/mol. The minimum absolute atomic E-state index is 0. The van der Waals surface area contributed by atoms with Gasteiger partial charge in [-0.2, -0.15) is 0 Å². The molecule has 0 saturated carbocycles. The molecule has 4 heteroatoms. The third-order valence-corrected chi connectivity index (χ3v) is 3.09.